The Morgan fingerprint density at radius 2 is 1.95 bits per heavy atom. The van der Waals surface area contributed by atoms with Gasteiger partial charge in [0.05, 0.1) is 17.4 Å². The summed E-state index contributed by atoms with van der Waals surface area (Å²) in [5, 5.41) is 2.58. The molecule has 1 aromatic rings. The maximum Gasteiger partial charge on any atom is 0.422 e. The molecule has 1 rings (SSSR count). The van der Waals surface area contributed by atoms with Gasteiger partial charge >= 0.3 is 6.18 Å². The third kappa shape index (κ3) is 5.22. The minimum atomic E-state index is -4.42. The van der Waals surface area contributed by atoms with Gasteiger partial charge in [-0.1, -0.05) is 13.8 Å². The number of amides is 1. The highest BCUT2D eigenvalue weighted by Gasteiger charge is 2.30. The molecule has 1 heterocycles. The highest BCUT2D eigenvalue weighted by molar-refractivity contribution is 5.97. The number of nitrogens with zero attached hydrogens (tertiary/aromatic N) is 1. The SMILES string of the molecule is CCC(N)(CC)C(=O)Nc1ccc(OCC(F)(F)F)nc1. The van der Waals surface area contributed by atoms with E-state index in [1.165, 1.54) is 18.3 Å². The van der Waals surface area contributed by atoms with E-state index in [0.29, 0.717) is 18.5 Å². The van der Waals surface area contributed by atoms with Crippen LogP contribution in [-0.4, -0.2) is 29.2 Å². The van der Waals surface area contributed by atoms with Gasteiger partial charge in [0.25, 0.3) is 0 Å². The third-order valence-electron chi connectivity index (χ3n) is 3.09. The molecule has 0 saturated heterocycles. The largest absolute Gasteiger partial charge is 0.468 e. The molecule has 8 heteroatoms. The molecule has 0 atom stereocenters. The van der Waals surface area contributed by atoms with Gasteiger partial charge in [-0.3, -0.25) is 4.79 Å². The van der Waals surface area contributed by atoms with E-state index in [1.54, 1.807) is 13.8 Å². The number of pyridine rings is 1. The normalized spacial score (nSPS) is 12.1. The molecule has 0 bridgehead atoms. The smallest absolute Gasteiger partial charge is 0.422 e. The maximum atomic E-state index is 12.0. The first-order valence-corrected chi connectivity index (χ1v) is 6.46. The lowest BCUT2D eigenvalue weighted by atomic mass is 9.93. The van der Waals surface area contributed by atoms with E-state index in [9.17, 15) is 18.0 Å². The van der Waals surface area contributed by atoms with E-state index < -0.39 is 18.3 Å². The van der Waals surface area contributed by atoms with E-state index in [2.05, 4.69) is 15.0 Å². The Balaban J connectivity index is 2.65. The van der Waals surface area contributed by atoms with Gasteiger partial charge in [0.1, 0.15) is 0 Å². The fraction of sp³-hybridized carbons (Fsp3) is 0.538. The number of alkyl halides is 3. The monoisotopic (exact) mass is 305 g/mol. The predicted octanol–water partition coefficient (Wildman–Crippen LogP) is 2.48. The van der Waals surface area contributed by atoms with Crippen LogP contribution < -0.4 is 15.8 Å². The van der Waals surface area contributed by atoms with Crippen LogP contribution in [-0.2, 0) is 4.79 Å². The van der Waals surface area contributed by atoms with Crippen LogP contribution in [0.5, 0.6) is 5.88 Å². The van der Waals surface area contributed by atoms with Crippen molar-refractivity contribution in [2.45, 2.75) is 38.4 Å². The molecule has 0 aliphatic rings. The van der Waals surface area contributed by atoms with E-state index >= 15 is 0 Å². The third-order valence-corrected chi connectivity index (χ3v) is 3.09. The fourth-order valence-corrected chi connectivity index (χ4v) is 1.52. The van der Waals surface area contributed by atoms with E-state index in [4.69, 9.17) is 5.73 Å². The van der Waals surface area contributed by atoms with E-state index in [0.717, 1.165) is 0 Å². The molecule has 0 radical (unpaired) electrons. The van der Waals surface area contributed by atoms with Crippen molar-refractivity contribution >= 4 is 11.6 Å². The van der Waals surface area contributed by atoms with Gasteiger partial charge in [-0.05, 0) is 18.9 Å². The molecule has 1 amide bonds. The predicted molar refractivity (Wildman–Crippen MR) is 71.9 cm³/mol. The molecule has 118 valence electrons. The van der Waals surface area contributed by atoms with E-state index in [1.807, 2.05) is 0 Å². The highest BCUT2D eigenvalue weighted by atomic mass is 19.4. The molecular weight excluding hydrogens is 287 g/mol. The Hall–Kier alpha value is -1.83. The summed E-state index contributed by atoms with van der Waals surface area (Å²) in [5.74, 6) is -0.534. The Labute approximate surface area is 120 Å². The van der Waals surface area contributed by atoms with Crippen LogP contribution in [0.4, 0.5) is 18.9 Å². The Kier molecular flexibility index (Phi) is 5.54. The van der Waals surface area contributed by atoms with Crippen LogP contribution >= 0.6 is 0 Å². The highest BCUT2D eigenvalue weighted by Crippen LogP contribution is 2.19. The number of carbonyl (C=O) groups excluding carboxylic acids is 1. The average Bonchev–Trinajstić information content (AvgIpc) is 2.44. The number of nitrogens with two attached hydrogens (primary N) is 1. The van der Waals surface area contributed by atoms with Crippen LogP contribution in [0.25, 0.3) is 0 Å². The molecule has 1 aromatic heterocycles. The summed E-state index contributed by atoms with van der Waals surface area (Å²) >= 11 is 0. The second kappa shape index (κ2) is 6.75. The summed E-state index contributed by atoms with van der Waals surface area (Å²) in [7, 11) is 0. The van der Waals surface area contributed by atoms with Gasteiger partial charge in [0.2, 0.25) is 11.8 Å². The Morgan fingerprint density at radius 3 is 2.38 bits per heavy atom. The first-order chi connectivity index (χ1) is 9.70. The van der Waals surface area contributed by atoms with Gasteiger partial charge in [-0.25, -0.2) is 4.98 Å². The topological polar surface area (TPSA) is 77.2 Å². The number of aromatic nitrogens is 1. The zero-order chi connectivity index (χ0) is 16.1. The van der Waals surface area contributed by atoms with Crippen molar-refractivity contribution < 1.29 is 22.7 Å². The van der Waals surface area contributed by atoms with Crippen molar-refractivity contribution in [1.82, 2.24) is 4.98 Å². The molecule has 5 nitrogen and oxygen atoms in total. The molecule has 3 N–H and O–H groups in total. The summed E-state index contributed by atoms with van der Waals surface area (Å²) in [6.45, 7) is 2.19. The number of halogens is 3. The van der Waals surface area contributed by atoms with Crippen molar-refractivity contribution in [3.8, 4) is 5.88 Å². The zero-order valence-corrected chi connectivity index (χ0v) is 11.8. The Morgan fingerprint density at radius 1 is 1.33 bits per heavy atom. The van der Waals surface area contributed by atoms with Crippen molar-refractivity contribution in [1.29, 1.82) is 0 Å². The van der Waals surface area contributed by atoms with Crippen LogP contribution in [0, 0.1) is 0 Å². The number of nitrogens with one attached hydrogen (secondary N) is 1. The average molecular weight is 305 g/mol. The molecule has 0 spiro atoms. The fourth-order valence-electron chi connectivity index (χ4n) is 1.52. The van der Waals surface area contributed by atoms with Gasteiger partial charge < -0.3 is 15.8 Å². The molecule has 0 unspecified atom stereocenters. The van der Waals surface area contributed by atoms with Crippen molar-refractivity contribution in [2.24, 2.45) is 5.73 Å². The van der Waals surface area contributed by atoms with Gasteiger partial charge in [-0.2, -0.15) is 13.2 Å². The maximum absolute atomic E-state index is 12.0. The standard InChI is InChI=1S/C13H18F3N3O2/c1-3-12(17,4-2)11(20)19-9-5-6-10(18-7-9)21-8-13(14,15)16/h5-7H,3-4,8,17H2,1-2H3,(H,19,20). The van der Waals surface area contributed by atoms with Gasteiger partial charge in [0, 0.05) is 6.07 Å². The second-order valence-corrected chi connectivity index (χ2v) is 4.61. The molecule has 0 saturated carbocycles. The van der Waals surface area contributed by atoms with Crippen LogP contribution in [0.2, 0.25) is 0 Å². The molecule has 21 heavy (non-hydrogen) atoms. The van der Waals surface area contributed by atoms with Gasteiger partial charge in [0.15, 0.2) is 6.61 Å². The zero-order valence-electron chi connectivity index (χ0n) is 11.8. The van der Waals surface area contributed by atoms with Crippen molar-refractivity contribution in [3.05, 3.63) is 18.3 Å². The summed E-state index contributed by atoms with van der Waals surface area (Å²) in [6.07, 6.45) is -2.27. The molecule has 0 aliphatic heterocycles. The quantitative estimate of drug-likeness (QED) is 0.846. The second-order valence-electron chi connectivity index (χ2n) is 4.61. The number of rotatable bonds is 6. The lowest BCUT2D eigenvalue weighted by Gasteiger charge is -2.25. The molecule has 0 aromatic carbocycles. The molecular formula is C13H18F3N3O2. The first kappa shape index (κ1) is 17.2. The van der Waals surface area contributed by atoms with E-state index in [-0.39, 0.29) is 11.8 Å². The van der Waals surface area contributed by atoms with Gasteiger partial charge in [-0.15, -0.1) is 0 Å². The van der Waals surface area contributed by atoms with Crippen LogP contribution in [0.15, 0.2) is 18.3 Å². The summed E-state index contributed by atoms with van der Waals surface area (Å²) < 4.78 is 40.4. The number of ether oxygens (including phenoxy) is 1. The first-order valence-electron chi connectivity index (χ1n) is 6.46. The molecule has 0 aliphatic carbocycles. The molecule has 0 fully saturated rings. The lowest BCUT2D eigenvalue weighted by Crippen LogP contribution is -2.50. The number of hydrogen-bond acceptors (Lipinski definition) is 4. The number of anilines is 1. The van der Waals surface area contributed by atoms with Crippen molar-refractivity contribution in [3.63, 3.8) is 0 Å². The Bertz CT molecular complexity index is 471. The lowest BCUT2D eigenvalue weighted by molar-refractivity contribution is -0.154. The minimum Gasteiger partial charge on any atom is -0.468 e. The number of hydrogen-bond donors (Lipinski definition) is 2. The van der Waals surface area contributed by atoms with Crippen LogP contribution in [0.3, 0.4) is 0 Å². The summed E-state index contributed by atoms with van der Waals surface area (Å²) in [4.78, 5) is 15.7. The van der Waals surface area contributed by atoms with Crippen LogP contribution in [0.1, 0.15) is 26.7 Å². The number of carbonyl (C=O) groups is 1. The van der Waals surface area contributed by atoms with Crippen molar-refractivity contribution in [2.75, 3.05) is 11.9 Å². The summed E-state index contributed by atoms with van der Waals surface area (Å²) in [6, 6.07) is 2.65. The summed E-state index contributed by atoms with van der Waals surface area (Å²) in [5.41, 5.74) is 5.29. The minimum absolute atomic E-state index is 0.171.